The van der Waals surface area contributed by atoms with Crippen molar-refractivity contribution in [2.75, 3.05) is 20.6 Å². The standard InChI is InChI=1S/C15H22N4O2/c1-10-13-16-12(15(21)17(2)3)9-18(13)7-8-19(10)14(20)11-5-4-6-11/h9-11H,4-8H2,1-3H3/t10-/m1/s1. The van der Waals surface area contributed by atoms with Gasteiger partial charge in [-0.1, -0.05) is 6.42 Å². The van der Waals surface area contributed by atoms with Gasteiger partial charge in [-0.25, -0.2) is 4.98 Å². The zero-order valence-electron chi connectivity index (χ0n) is 12.9. The second-order valence-corrected chi connectivity index (χ2v) is 6.21. The zero-order chi connectivity index (χ0) is 15.1. The van der Waals surface area contributed by atoms with Crippen LogP contribution < -0.4 is 0 Å². The van der Waals surface area contributed by atoms with E-state index in [0.717, 1.165) is 25.1 Å². The summed E-state index contributed by atoms with van der Waals surface area (Å²) in [5, 5.41) is 0. The Labute approximate surface area is 124 Å². The van der Waals surface area contributed by atoms with Crippen LogP contribution in [0.25, 0.3) is 0 Å². The molecule has 2 amide bonds. The number of imidazole rings is 1. The summed E-state index contributed by atoms with van der Waals surface area (Å²) in [5.74, 6) is 1.18. The molecule has 1 aliphatic heterocycles. The lowest BCUT2D eigenvalue weighted by Gasteiger charge is -2.38. The van der Waals surface area contributed by atoms with Crippen molar-refractivity contribution in [2.45, 2.75) is 38.8 Å². The first-order valence-corrected chi connectivity index (χ1v) is 7.58. The van der Waals surface area contributed by atoms with E-state index in [1.165, 1.54) is 4.90 Å². The molecule has 0 saturated heterocycles. The summed E-state index contributed by atoms with van der Waals surface area (Å²) in [6.45, 7) is 3.42. The fourth-order valence-electron chi connectivity index (χ4n) is 3.01. The second kappa shape index (κ2) is 5.16. The van der Waals surface area contributed by atoms with Gasteiger partial charge in [0.2, 0.25) is 5.91 Å². The minimum atomic E-state index is -0.0963. The Kier molecular flexibility index (Phi) is 3.47. The molecule has 1 fully saturated rings. The number of aromatic nitrogens is 2. The Balaban J connectivity index is 1.82. The third kappa shape index (κ3) is 2.32. The summed E-state index contributed by atoms with van der Waals surface area (Å²) in [7, 11) is 3.44. The molecule has 1 aromatic heterocycles. The third-order valence-electron chi connectivity index (χ3n) is 4.59. The Bertz CT molecular complexity index is 574. The van der Waals surface area contributed by atoms with Crippen molar-refractivity contribution in [1.82, 2.24) is 19.4 Å². The third-order valence-corrected chi connectivity index (χ3v) is 4.59. The highest BCUT2D eigenvalue weighted by Gasteiger charge is 2.36. The fraction of sp³-hybridized carbons (Fsp3) is 0.667. The smallest absolute Gasteiger partial charge is 0.273 e. The summed E-state index contributed by atoms with van der Waals surface area (Å²) in [6, 6.07) is -0.0597. The maximum Gasteiger partial charge on any atom is 0.273 e. The van der Waals surface area contributed by atoms with Gasteiger partial charge in [-0.15, -0.1) is 0 Å². The SMILES string of the molecule is C[C@@H]1c2nc(C(=O)N(C)C)cn2CCN1C(=O)C1CCC1. The Morgan fingerprint density at radius 1 is 1.29 bits per heavy atom. The first kappa shape index (κ1) is 14.1. The molecule has 0 bridgehead atoms. The molecule has 1 saturated carbocycles. The zero-order valence-corrected chi connectivity index (χ0v) is 12.9. The van der Waals surface area contributed by atoms with Crippen molar-refractivity contribution in [3.63, 3.8) is 0 Å². The average Bonchev–Trinajstić information content (AvgIpc) is 2.80. The molecule has 21 heavy (non-hydrogen) atoms. The van der Waals surface area contributed by atoms with E-state index in [0.29, 0.717) is 18.8 Å². The topological polar surface area (TPSA) is 58.4 Å². The molecule has 2 aliphatic rings. The average molecular weight is 290 g/mol. The lowest BCUT2D eigenvalue weighted by Crippen LogP contribution is -2.45. The molecule has 0 unspecified atom stereocenters. The number of fused-ring (bicyclic) bond motifs is 1. The number of carbonyl (C=O) groups excluding carboxylic acids is 2. The molecule has 1 aliphatic carbocycles. The van der Waals surface area contributed by atoms with Gasteiger partial charge in [-0.05, 0) is 19.8 Å². The van der Waals surface area contributed by atoms with Crippen LogP contribution in [0.5, 0.6) is 0 Å². The van der Waals surface area contributed by atoms with Crippen molar-refractivity contribution in [2.24, 2.45) is 5.92 Å². The van der Waals surface area contributed by atoms with Gasteiger partial charge in [0.25, 0.3) is 5.91 Å². The predicted octanol–water partition coefficient (Wildman–Crippen LogP) is 1.29. The van der Waals surface area contributed by atoms with Crippen LogP contribution in [0, 0.1) is 5.92 Å². The Morgan fingerprint density at radius 2 is 2.00 bits per heavy atom. The van der Waals surface area contributed by atoms with Gasteiger partial charge in [0, 0.05) is 39.3 Å². The van der Waals surface area contributed by atoms with Crippen LogP contribution >= 0.6 is 0 Å². The van der Waals surface area contributed by atoms with Gasteiger partial charge in [0.15, 0.2) is 0 Å². The Morgan fingerprint density at radius 3 is 2.57 bits per heavy atom. The molecule has 3 rings (SSSR count). The van der Waals surface area contributed by atoms with Gasteiger partial charge < -0.3 is 14.4 Å². The van der Waals surface area contributed by atoms with E-state index >= 15 is 0 Å². The Hall–Kier alpha value is -1.85. The molecule has 114 valence electrons. The van der Waals surface area contributed by atoms with Gasteiger partial charge in [-0.2, -0.15) is 0 Å². The predicted molar refractivity (Wildman–Crippen MR) is 77.7 cm³/mol. The highest BCUT2D eigenvalue weighted by molar-refractivity contribution is 5.91. The summed E-state index contributed by atoms with van der Waals surface area (Å²) >= 11 is 0. The number of nitrogens with zero attached hydrogens (tertiary/aromatic N) is 4. The number of hydrogen-bond acceptors (Lipinski definition) is 3. The van der Waals surface area contributed by atoms with E-state index in [1.807, 2.05) is 16.4 Å². The summed E-state index contributed by atoms with van der Waals surface area (Å²) < 4.78 is 2.01. The molecule has 6 nitrogen and oxygen atoms in total. The number of carbonyl (C=O) groups is 2. The van der Waals surface area contributed by atoms with Crippen LogP contribution in [0.1, 0.15) is 48.5 Å². The molecule has 0 spiro atoms. The molecule has 1 aromatic rings. The van der Waals surface area contributed by atoms with Crippen LogP contribution in [0.15, 0.2) is 6.20 Å². The minimum absolute atomic E-state index is 0.0597. The molecule has 0 N–H and O–H groups in total. The summed E-state index contributed by atoms with van der Waals surface area (Å²) in [5.41, 5.74) is 0.458. The van der Waals surface area contributed by atoms with E-state index in [9.17, 15) is 9.59 Å². The van der Waals surface area contributed by atoms with Crippen LogP contribution in [-0.2, 0) is 11.3 Å². The van der Waals surface area contributed by atoms with Crippen molar-refractivity contribution in [1.29, 1.82) is 0 Å². The lowest BCUT2D eigenvalue weighted by atomic mass is 9.84. The normalized spacial score (nSPS) is 21.7. The van der Waals surface area contributed by atoms with E-state index in [2.05, 4.69) is 4.98 Å². The quantitative estimate of drug-likeness (QED) is 0.824. The van der Waals surface area contributed by atoms with Gasteiger partial charge >= 0.3 is 0 Å². The first-order chi connectivity index (χ1) is 9.99. The van der Waals surface area contributed by atoms with Crippen LogP contribution in [-0.4, -0.2) is 51.8 Å². The largest absolute Gasteiger partial charge is 0.343 e. The monoisotopic (exact) mass is 290 g/mol. The van der Waals surface area contributed by atoms with Gasteiger partial charge in [-0.3, -0.25) is 9.59 Å². The molecule has 0 radical (unpaired) electrons. The van der Waals surface area contributed by atoms with E-state index in [4.69, 9.17) is 0 Å². The van der Waals surface area contributed by atoms with E-state index in [1.54, 1.807) is 20.3 Å². The lowest BCUT2D eigenvalue weighted by molar-refractivity contribution is -0.141. The molecule has 0 aromatic carbocycles. The summed E-state index contributed by atoms with van der Waals surface area (Å²) in [6.07, 6.45) is 5.00. The van der Waals surface area contributed by atoms with Crippen LogP contribution in [0.3, 0.4) is 0 Å². The maximum atomic E-state index is 12.5. The molecule has 6 heteroatoms. The van der Waals surface area contributed by atoms with Gasteiger partial charge in [0.05, 0.1) is 6.04 Å². The van der Waals surface area contributed by atoms with Crippen molar-refractivity contribution in [3.8, 4) is 0 Å². The molecular weight excluding hydrogens is 268 g/mol. The highest BCUT2D eigenvalue weighted by Crippen LogP contribution is 2.33. The van der Waals surface area contributed by atoms with E-state index in [-0.39, 0.29) is 23.8 Å². The first-order valence-electron chi connectivity index (χ1n) is 7.58. The molecule has 2 heterocycles. The maximum absolute atomic E-state index is 12.5. The van der Waals surface area contributed by atoms with Crippen LogP contribution in [0.4, 0.5) is 0 Å². The summed E-state index contributed by atoms with van der Waals surface area (Å²) in [4.78, 5) is 32.4. The fourth-order valence-corrected chi connectivity index (χ4v) is 3.01. The van der Waals surface area contributed by atoms with Crippen molar-refractivity contribution < 1.29 is 9.59 Å². The van der Waals surface area contributed by atoms with E-state index < -0.39 is 0 Å². The van der Waals surface area contributed by atoms with Gasteiger partial charge in [0.1, 0.15) is 11.5 Å². The van der Waals surface area contributed by atoms with Crippen molar-refractivity contribution in [3.05, 3.63) is 17.7 Å². The number of amides is 2. The molecular formula is C15H22N4O2. The van der Waals surface area contributed by atoms with Crippen molar-refractivity contribution >= 4 is 11.8 Å². The second-order valence-electron chi connectivity index (χ2n) is 6.21. The van der Waals surface area contributed by atoms with Crippen LogP contribution in [0.2, 0.25) is 0 Å². The minimum Gasteiger partial charge on any atom is -0.343 e. The number of hydrogen-bond donors (Lipinski definition) is 0. The molecule has 1 atom stereocenters. The number of rotatable bonds is 2. The highest BCUT2D eigenvalue weighted by atomic mass is 16.2.